The topological polar surface area (TPSA) is 215 Å². The summed E-state index contributed by atoms with van der Waals surface area (Å²) < 4.78 is 63.5. The molecule has 9 N–H and O–H groups in total. The number of nitrogens with one attached hydrogen (secondary N) is 4. The third-order valence-corrected chi connectivity index (χ3v) is 6.02. The molecule has 3 rings (SSSR count). The Morgan fingerprint density at radius 2 is 1.51 bits per heavy atom. The SMILES string of the molecule is CC(NC(=O)[C@H]1C[C@H](c2cccc(CO)c2)CN1)C(=O)NCc1ccc(C(=N)N)cc1.O=C(O)C(F)(F)F.O=C(O)C(F)(F)F. The van der Waals surface area contributed by atoms with Crippen LogP contribution in [0.5, 0.6) is 0 Å². The number of carbonyl (C=O) groups is 4. The highest BCUT2D eigenvalue weighted by Crippen LogP contribution is 2.26. The molecule has 18 heteroatoms. The van der Waals surface area contributed by atoms with Gasteiger partial charge in [-0.05, 0) is 36.0 Å². The summed E-state index contributed by atoms with van der Waals surface area (Å²) in [4.78, 5) is 42.8. The van der Waals surface area contributed by atoms with E-state index in [1.807, 2.05) is 24.3 Å². The van der Waals surface area contributed by atoms with Gasteiger partial charge in [-0.15, -0.1) is 0 Å². The number of amidine groups is 1. The predicted molar refractivity (Wildman–Crippen MR) is 146 cm³/mol. The van der Waals surface area contributed by atoms with Crippen LogP contribution >= 0.6 is 0 Å². The second-order valence-corrected chi connectivity index (χ2v) is 9.46. The summed E-state index contributed by atoms with van der Waals surface area (Å²) in [5.74, 6) is -5.80. The first-order valence-corrected chi connectivity index (χ1v) is 12.8. The third kappa shape index (κ3) is 13.6. The number of hydrogen-bond donors (Lipinski definition) is 8. The molecule has 0 radical (unpaired) electrons. The zero-order valence-electron chi connectivity index (χ0n) is 23.5. The van der Waals surface area contributed by atoms with E-state index >= 15 is 0 Å². The summed E-state index contributed by atoms with van der Waals surface area (Å²) in [6, 6.07) is 13.8. The summed E-state index contributed by atoms with van der Waals surface area (Å²) in [7, 11) is 0. The van der Waals surface area contributed by atoms with Gasteiger partial charge in [-0.2, -0.15) is 26.3 Å². The molecule has 2 aromatic carbocycles. The van der Waals surface area contributed by atoms with Gasteiger partial charge in [-0.25, -0.2) is 9.59 Å². The number of aliphatic hydroxyl groups is 1. The van der Waals surface area contributed by atoms with E-state index in [9.17, 15) is 41.0 Å². The number of rotatable bonds is 8. The molecule has 1 saturated heterocycles. The van der Waals surface area contributed by atoms with E-state index in [2.05, 4.69) is 16.0 Å². The van der Waals surface area contributed by atoms with Gasteiger partial charge in [0.1, 0.15) is 11.9 Å². The third-order valence-electron chi connectivity index (χ3n) is 6.02. The Bertz CT molecular complexity index is 1310. The Morgan fingerprint density at radius 3 is 1.98 bits per heavy atom. The van der Waals surface area contributed by atoms with Gasteiger partial charge in [0.2, 0.25) is 11.8 Å². The lowest BCUT2D eigenvalue weighted by Crippen LogP contribution is -2.49. The number of benzene rings is 2. The van der Waals surface area contributed by atoms with E-state index in [0.717, 1.165) is 16.7 Å². The molecule has 1 aliphatic rings. The van der Waals surface area contributed by atoms with Crippen molar-refractivity contribution in [1.29, 1.82) is 5.41 Å². The normalized spacial score (nSPS) is 16.5. The lowest BCUT2D eigenvalue weighted by Gasteiger charge is -2.17. The van der Waals surface area contributed by atoms with Crippen LogP contribution in [0.1, 0.15) is 41.5 Å². The van der Waals surface area contributed by atoms with Crippen LogP contribution in [0, 0.1) is 5.41 Å². The van der Waals surface area contributed by atoms with Crippen molar-refractivity contribution in [2.75, 3.05) is 6.54 Å². The Hall–Kier alpha value is -4.71. The zero-order valence-corrected chi connectivity index (χ0v) is 23.5. The van der Waals surface area contributed by atoms with Gasteiger partial charge >= 0.3 is 24.3 Å². The molecule has 0 aromatic heterocycles. The van der Waals surface area contributed by atoms with Gasteiger partial charge in [0.15, 0.2) is 0 Å². The van der Waals surface area contributed by atoms with Crippen molar-refractivity contribution >= 4 is 29.6 Å². The van der Waals surface area contributed by atoms with E-state index in [1.54, 1.807) is 31.2 Å². The van der Waals surface area contributed by atoms with E-state index in [0.29, 0.717) is 25.1 Å². The van der Waals surface area contributed by atoms with Crippen LogP contribution < -0.4 is 21.7 Å². The second kappa shape index (κ2) is 17.0. The van der Waals surface area contributed by atoms with Crippen molar-refractivity contribution in [3.8, 4) is 0 Å². The highest BCUT2D eigenvalue weighted by Gasteiger charge is 2.39. The van der Waals surface area contributed by atoms with Crippen LogP contribution in [-0.4, -0.2) is 75.9 Å². The molecule has 45 heavy (non-hydrogen) atoms. The van der Waals surface area contributed by atoms with Crippen LogP contribution in [-0.2, 0) is 32.3 Å². The van der Waals surface area contributed by atoms with Gasteiger partial charge in [0.25, 0.3) is 0 Å². The number of aliphatic hydroxyl groups excluding tert-OH is 1. The molecule has 0 spiro atoms. The van der Waals surface area contributed by atoms with Gasteiger partial charge in [0, 0.05) is 18.7 Å². The highest BCUT2D eigenvalue weighted by atomic mass is 19.4. The van der Waals surface area contributed by atoms with Crippen molar-refractivity contribution < 1.29 is 60.8 Å². The largest absolute Gasteiger partial charge is 0.490 e. The molecular weight excluding hydrogens is 620 g/mol. The number of hydrogen-bond acceptors (Lipinski definition) is 7. The quantitative estimate of drug-likeness (QED) is 0.119. The highest BCUT2D eigenvalue weighted by molar-refractivity contribution is 5.95. The van der Waals surface area contributed by atoms with Gasteiger partial charge in [-0.1, -0.05) is 48.5 Å². The summed E-state index contributed by atoms with van der Waals surface area (Å²) in [5, 5.41) is 39.8. The van der Waals surface area contributed by atoms with Crippen LogP contribution in [0.15, 0.2) is 48.5 Å². The molecule has 248 valence electrons. The standard InChI is InChI=1S/C23H29N5O3.2C2HF3O2/c1-14(22(30)27-11-15-5-7-17(8-6-15)21(24)25)28-23(31)20-10-19(12-26-20)18-4-2-3-16(9-18)13-29;2*3-2(4,5)1(6)7/h2-9,14,19-20,26,29H,10-13H2,1H3,(H3,24,25)(H,27,30)(H,28,31);2*(H,6,7)/t14?,19-,20+;;/m0../s1. The maximum absolute atomic E-state index is 12.6. The Morgan fingerprint density at radius 1 is 0.978 bits per heavy atom. The fourth-order valence-electron chi connectivity index (χ4n) is 3.66. The Balaban J connectivity index is 0.000000601. The maximum atomic E-state index is 12.6. The average molecular weight is 652 g/mol. The van der Waals surface area contributed by atoms with Gasteiger partial charge in [-0.3, -0.25) is 15.0 Å². The molecule has 12 nitrogen and oxygen atoms in total. The minimum absolute atomic E-state index is 0.00390. The molecule has 3 atom stereocenters. The van der Waals surface area contributed by atoms with Gasteiger partial charge < -0.3 is 37.0 Å². The Kier molecular flexibility index (Phi) is 14.4. The molecule has 0 bridgehead atoms. The number of nitrogen functional groups attached to an aromatic ring is 1. The van der Waals surface area contributed by atoms with Gasteiger partial charge in [0.05, 0.1) is 12.6 Å². The number of aliphatic carboxylic acids is 2. The van der Waals surface area contributed by atoms with E-state index < -0.39 is 30.3 Å². The smallest absolute Gasteiger partial charge is 0.475 e. The summed E-state index contributed by atoms with van der Waals surface area (Å²) in [5.41, 5.74) is 8.89. The van der Waals surface area contributed by atoms with Crippen molar-refractivity contribution in [3.05, 3.63) is 70.8 Å². The van der Waals surface area contributed by atoms with Crippen molar-refractivity contribution in [3.63, 3.8) is 0 Å². The number of carboxylic acid groups (broad SMARTS) is 2. The number of amides is 2. The fraction of sp³-hybridized carbons (Fsp3) is 0.370. The summed E-state index contributed by atoms with van der Waals surface area (Å²) >= 11 is 0. The second-order valence-electron chi connectivity index (χ2n) is 9.46. The van der Waals surface area contributed by atoms with Crippen molar-refractivity contribution in [1.82, 2.24) is 16.0 Å². The first-order valence-electron chi connectivity index (χ1n) is 12.8. The Labute approximate surface area is 252 Å². The molecule has 1 aliphatic heterocycles. The molecule has 1 unspecified atom stereocenters. The van der Waals surface area contributed by atoms with Crippen molar-refractivity contribution in [2.45, 2.75) is 56.9 Å². The van der Waals surface area contributed by atoms with Crippen LogP contribution in [0.3, 0.4) is 0 Å². The molecule has 0 saturated carbocycles. The predicted octanol–water partition coefficient (Wildman–Crippen LogP) is 2.00. The number of carbonyl (C=O) groups excluding carboxylic acids is 2. The fourth-order valence-corrected chi connectivity index (χ4v) is 3.66. The number of carboxylic acids is 2. The monoisotopic (exact) mass is 651 g/mol. The first kappa shape index (κ1) is 38.3. The number of halogens is 6. The van der Waals surface area contributed by atoms with Crippen LogP contribution in [0.4, 0.5) is 26.3 Å². The number of nitrogens with two attached hydrogens (primary N) is 1. The average Bonchev–Trinajstić information content (AvgIpc) is 3.46. The molecule has 1 fully saturated rings. The van der Waals surface area contributed by atoms with Crippen molar-refractivity contribution in [2.24, 2.45) is 5.73 Å². The molecule has 2 aromatic rings. The van der Waals surface area contributed by atoms with E-state index in [-0.39, 0.29) is 36.2 Å². The van der Waals surface area contributed by atoms with E-state index in [1.165, 1.54) is 0 Å². The minimum Gasteiger partial charge on any atom is -0.475 e. The summed E-state index contributed by atoms with van der Waals surface area (Å²) in [6.07, 6.45) is -9.53. The van der Waals surface area contributed by atoms with Crippen LogP contribution in [0.25, 0.3) is 0 Å². The minimum atomic E-state index is -5.08. The molecular formula is C27H31F6N5O7. The zero-order chi connectivity index (χ0) is 34.5. The molecule has 0 aliphatic carbocycles. The molecule has 1 heterocycles. The maximum Gasteiger partial charge on any atom is 0.490 e. The first-order chi connectivity index (χ1) is 20.8. The summed E-state index contributed by atoms with van der Waals surface area (Å²) in [6.45, 7) is 2.64. The molecule has 2 amide bonds. The van der Waals surface area contributed by atoms with E-state index in [4.69, 9.17) is 30.9 Å². The van der Waals surface area contributed by atoms with Crippen LogP contribution in [0.2, 0.25) is 0 Å². The number of alkyl halides is 6. The lowest BCUT2D eigenvalue weighted by molar-refractivity contribution is -0.193. The lowest BCUT2D eigenvalue weighted by atomic mass is 9.94.